The fourth-order valence-corrected chi connectivity index (χ4v) is 2.65. The number of rotatable bonds is 6. The van der Waals surface area contributed by atoms with E-state index in [-0.39, 0.29) is 11.9 Å². The molecule has 0 bridgehead atoms. The highest BCUT2D eigenvalue weighted by atomic mass is 19.1. The van der Waals surface area contributed by atoms with Crippen LogP contribution in [0.25, 0.3) is 5.82 Å². The molecule has 2 heterocycles. The normalized spacial score (nSPS) is 13.0. The molecule has 0 aliphatic rings. The van der Waals surface area contributed by atoms with Gasteiger partial charge in [-0.3, -0.25) is 0 Å². The minimum atomic E-state index is -0.670. The molecule has 3 N–H and O–H groups in total. The van der Waals surface area contributed by atoms with Crippen molar-refractivity contribution in [3.05, 3.63) is 72.4 Å². The minimum absolute atomic E-state index is 0.0466. The summed E-state index contributed by atoms with van der Waals surface area (Å²) in [5.74, 6) is -0.467. The van der Waals surface area contributed by atoms with Crippen molar-refractivity contribution in [2.24, 2.45) is 0 Å². The Balaban J connectivity index is 1.54. The lowest BCUT2D eigenvalue weighted by Crippen LogP contribution is -2.36. The number of amides is 2. The summed E-state index contributed by atoms with van der Waals surface area (Å²) in [5, 5.41) is 19.6. The van der Waals surface area contributed by atoms with Gasteiger partial charge in [-0.1, -0.05) is 30.3 Å². The van der Waals surface area contributed by atoms with Gasteiger partial charge in [0, 0.05) is 12.2 Å². The molecule has 0 fully saturated rings. The van der Waals surface area contributed by atoms with Gasteiger partial charge in [0.1, 0.15) is 0 Å². The molecular weight excluding hydrogens is 349 g/mol. The van der Waals surface area contributed by atoms with Crippen LogP contribution < -0.4 is 10.6 Å². The zero-order valence-corrected chi connectivity index (χ0v) is 14.7. The van der Waals surface area contributed by atoms with Crippen LogP contribution >= 0.6 is 0 Å². The maximum atomic E-state index is 13.7. The first-order chi connectivity index (χ1) is 13.0. The Labute approximate surface area is 155 Å². The molecule has 2 amide bonds. The Morgan fingerprint density at radius 3 is 2.78 bits per heavy atom. The second-order valence-corrected chi connectivity index (χ2v) is 6.14. The second-order valence-electron chi connectivity index (χ2n) is 6.14. The minimum Gasteiger partial charge on any atom is -0.388 e. The molecule has 0 spiro atoms. The number of carbonyl (C=O) groups is 1. The Morgan fingerprint density at radius 1 is 1.26 bits per heavy atom. The molecule has 2 atom stereocenters. The van der Waals surface area contributed by atoms with Gasteiger partial charge < -0.3 is 15.7 Å². The first kappa shape index (κ1) is 18.5. The number of urea groups is 1. The number of aliphatic hydroxyl groups excluding tert-OH is 1. The highest BCUT2D eigenvalue weighted by molar-refractivity contribution is 5.89. The quantitative estimate of drug-likeness (QED) is 0.623. The van der Waals surface area contributed by atoms with E-state index in [0.29, 0.717) is 12.1 Å². The molecule has 3 aromatic rings. The summed E-state index contributed by atoms with van der Waals surface area (Å²) in [6.45, 7) is 1.80. The van der Waals surface area contributed by atoms with E-state index >= 15 is 0 Å². The van der Waals surface area contributed by atoms with E-state index in [1.165, 1.54) is 35.4 Å². The molecular formula is C19H20FN5O2. The van der Waals surface area contributed by atoms with Crippen molar-refractivity contribution in [3.8, 4) is 5.82 Å². The van der Waals surface area contributed by atoms with Crippen LogP contribution in [0.3, 0.4) is 0 Å². The Kier molecular flexibility index (Phi) is 5.77. The number of halogens is 1. The number of hydrogen-bond acceptors (Lipinski definition) is 4. The van der Waals surface area contributed by atoms with Gasteiger partial charge in [-0.2, -0.15) is 5.10 Å². The number of pyridine rings is 1. The molecule has 0 aliphatic carbocycles. The SMILES string of the molecule is CC(CC(O)c1ccccc1)NC(=O)Nc1cnn(-c2ncccc2F)c1. The van der Waals surface area contributed by atoms with Gasteiger partial charge >= 0.3 is 6.03 Å². The number of benzene rings is 1. The van der Waals surface area contributed by atoms with Crippen molar-refractivity contribution in [3.63, 3.8) is 0 Å². The maximum absolute atomic E-state index is 13.7. The lowest BCUT2D eigenvalue weighted by molar-refractivity contribution is 0.155. The highest BCUT2D eigenvalue weighted by Crippen LogP contribution is 2.18. The summed E-state index contributed by atoms with van der Waals surface area (Å²) in [4.78, 5) is 16.0. The number of anilines is 1. The molecule has 0 saturated heterocycles. The van der Waals surface area contributed by atoms with Gasteiger partial charge in [0.05, 0.1) is 24.2 Å². The topological polar surface area (TPSA) is 92.1 Å². The zero-order chi connectivity index (χ0) is 19.2. The van der Waals surface area contributed by atoms with Crippen molar-refractivity contribution in [1.82, 2.24) is 20.1 Å². The largest absolute Gasteiger partial charge is 0.388 e. The second kappa shape index (κ2) is 8.41. The van der Waals surface area contributed by atoms with Crippen LogP contribution in [0.2, 0.25) is 0 Å². The van der Waals surface area contributed by atoms with E-state index in [4.69, 9.17) is 0 Å². The van der Waals surface area contributed by atoms with Crippen molar-refractivity contribution in [2.45, 2.75) is 25.5 Å². The molecule has 1 aromatic carbocycles. The van der Waals surface area contributed by atoms with Gasteiger partial charge in [-0.25, -0.2) is 18.9 Å². The molecule has 0 radical (unpaired) electrons. The maximum Gasteiger partial charge on any atom is 0.319 e. The van der Waals surface area contributed by atoms with Crippen molar-refractivity contribution < 1.29 is 14.3 Å². The molecule has 27 heavy (non-hydrogen) atoms. The Bertz CT molecular complexity index is 900. The molecule has 2 unspecified atom stereocenters. The fraction of sp³-hybridized carbons (Fsp3) is 0.211. The molecule has 8 heteroatoms. The van der Waals surface area contributed by atoms with Crippen LogP contribution in [0.15, 0.2) is 61.1 Å². The first-order valence-corrected chi connectivity index (χ1v) is 8.49. The summed E-state index contributed by atoms with van der Waals surface area (Å²) in [5.41, 5.74) is 1.19. The standard InChI is InChI=1S/C19H20FN5O2/c1-13(10-17(26)14-6-3-2-4-7-14)23-19(27)24-15-11-22-25(12-15)18-16(20)8-5-9-21-18/h2-9,11-13,17,26H,10H2,1H3,(H2,23,24,27). The molecule has 7 nitrogen and oxygen atoms in total. The van der Waals surface area contributed by atoms with E-state index in [0.717, 1.165) is 5.56 Å². The highest BCUT2D eigenvalue weighted by Gasteiger charge is 2.15. The summed E-state index contributed by atoms with van der Waals surface area (Å²) in [6.07, 6.45) is 4.03. The summed E-state index contributed by atoms with van der Waals surface area (Å²) >= 11 is 0. The van der Waals surface area contributed by atoms with Crippen LogP contribution in [-0.4, -0.2) is 31.9 Å². The summed E-state index contributed by atoms with van der Waals surface area (Å²) in [6, 6.07) is 11.3. The molecule has 0 saturated carbocycles. The average Bonchev–Trinajstić information content (AvgIpc) is 3.10. The zero-order valence-electron chi connectivity index (χ0n) is 14.7. The Hall–Kier alpha value is -3.26. The van der Waals surface area contributed by atoms with Gasteiger partial charge in [-0.15, -0.1) is 0 Å². The molecule has 3 rings (SSSR count). The molecule has 2 aromatic heterocycles. The number of aromatic nitrogens is 3. The van der Waals surface area contributed by atoms with Gasteiger partial charge in [0.2, 0.25) is 0 Å². The van der Waals surface area contributed by atoms with E-state index < -0.39 is 18.0 Å². The third-order valence-electron chi connectivity index (χ3n) is 3.94. The predicted molar refractivity (Wildman–Crippen MR) is 99.0 cm³/mol. The van der Waals surface area contributed by atoms with Gasteiger partial charge in [0.25, 0.3) is 0 Å². The predicted octanol–water partition coefficient (Wildman–Crippen LogP) is 3.04. The molecule has 0 aliphatic heterocycles. The van der Waals surface area contributed by atoms with Crippen molar-refractivity contribution in [2.75, 3.05) is 5.32 Å². The van der Waals surface area contributed by atoms with Gasteiger partial charge in [-0.05, 0) is 31.0 Å². The lowest BCUT2D eigenvalue weighted by atomic mass is 10.0. The molecule has 140 valence electrons. The number of carbonyl (C=O) groups excluding carboxylic acids is 1. The van der Waals surface area contributed by atoms with Crippen molar-refractivity contribution >= 4 is 11.7 Å². The number of aliphatic hydroxyl groups is 1. The fourth-order valence-electron chi connectivity index (χ4n) is 2.65. The van der Waals surface area contributed by atoms with Gasteiger partial charge in [0.15, 0.2) is 11.6 Å². The first-order valence-electron chi connectivity index (χ1n) is 8.49. The van der Waals surface area contributed by atoms with E-state index in [1.54, 1.807) is 6.92 Å². The van der Waals surface area contributed by atoms with E-state index in [2.05, 4.69) is 20.7 Å². The lowest BCUT2D eigenvalue weighted by Gasteiger charge is -2.18. The van der Waals surface area contributed by atoms with Crippen LogP contribution in [0.4, 0.5) is 14.9 Å². The van der Waals surface area contributed by atoms with Crippen LogP contribution in [0.5, 0.6) is 0 Å². The van der Waals surface area contributed by atoms with Crippen LogP contribution in [0, 0.1) is 5.82 Å². The third-order valence-corrected chi connectivity index (χ3v) is 3.94. The van der Waals surface area contributed by atoms with E-state index in [1.807, 2.05) is 30.3 Å². The third kappa shape index (κ3) is 4.89. The van der Waals surface area contributed by atoms with Crippen molar-refractivity contribution in [1.29, 1.82) is 0 Å². The van der Waals surface area contributed by atoms with E-state index in [9.17, 15) is 14.3 Å². The summed E-state index contributed by atoms with van der Waals surface area (Å²) in [7, 11) is 0. The monoisotopic (exact) mass is 369 g/mol. The number of hydrogen-bond donors (Lipinski definition) is 3. The smallest absolute Gasteiger partial charge is 0.319 e. The Morgan fingerprint density at radius 2 is 2.04 bits per heavy atom. The van der Waals surface area contributed by atoms with Crippen LogP contribution in [-0.2, 0) is 0 Å². The average molecular weight is 369 g/mol. The number of nitrogens with one attached hydrogen (secondary N) is 2. The summed E-state index contributed by atoms with van der Waals surface area (Å²) < 4.78 is 15.0. The van der Waals surface area contributed by atoms with Crippen LogP contribution in [0.1, 0.15) is 25.0 Å². The number of nitrogens with zero attached hydrogens (tertiary/aromatic N) is 3.